The molecule has 2 amide bonds. The number of carboxylic acid groups (broad SMARTS) is 1. The van der Waals surface area contributed by atoms with E-state index < -0.39 is 24.4 Å². The van der Waals surface area contributed by atoms with Crippen LogP contribution in [0.2, 0.25) is 5.02 Å². The Kier molecular flexibility index (Phi) is 9.40. The Balaban J connectivity index is 1.83. The third-order valence-corrected chi connectivity index (χ3v) is 5.30. The molecule has 37 heavy (non-hydrogen) atoms. The fraction of sp³-hybridized carbons (Fsp3) is 0.111. The summed E-state index contributed by atoms with van der Waals surface area (Å²) < 4.78 is 5.23. The van der Waals surface area contributed by atoms with Crippen LogP contribution in [0.1, 0.15) is 21.5 Å². The van der Waals surface area contributed by atoms with Crippen LogP contribution in [-0.4, -0.2) is 49.8 Å². The number of benzene rings is 3. The first-order valence-electron chi connectivity index (χ1n) is 11.1. The highest BCUT2D eigenvalue weighted by atomic mass is 35.5. The zero-order valence-electron chi connectivity index (χ0n) is 20.1. The Morgan fingerprint density at radius 3 is 2.35 bits per heavy atom. The second kappa shape index (κ2) is 12.9. The molecule has 190 valence electrons. The number of carbonyl (C=O) groups is 3. The molecule has 3 N–H and O–H groups in total. The number of hydrogen-bond acceptors (Lipinski definition) is 6. The van der Waals surface area contributed by atoms with E-state index in [1.54, 1.807) is 48.5 Å². The standard InChI is InChI=1S/C27H25ClN4O5/c1-32(2)20-13-11-18(12-14-20)15-23(30-26(35)21-8-4-5-9-22(21)28)27(36)31-29-16-19-7-3-6-10-24(19)37-17-25(33)34/h3-16H,17H2,1-2H3,(H,30,35)(H,31,36)(H,33,34). The van der Waals surface area contributed by atoms with Crippen LogP contribution >= 0.6 is 11.6 Å². The molecule has 0 aliphatic heterocycles. The van der Waals surface area contributed by atoms with Crippen molar-refractivity contribution in [3.63, 3.8) is 0 Å². The summed E-state index contributed by atoms with van der Waals surface area (Å²) in [5.41, 5.74) is 4.62. The number of anilines is 1. The van der Waals surface area contributed by atoms with Gasteiger partial charge in [0.2, 0.25) is 0 Å². The molecule has 9 nitrogen and oxygen atoms in total. The van der Waals surface area contributed by atoms with E-state index in [4.69, 9.17) is 21.4 Å². The van der Waals surface area contributed by atoms with Crippen molar-refractivity contribution >= 4 is 47.4 Å². The molecule has 3 aromatic rings. The molecule has 0 saturated carbocycles. The molecular weight excluding hydrogens is 496 g/mol. The van der Waals surface area contributed by atoms with Crippen LogP contribution in [0.4, 0.5) is 5.69 Å². The van der Waals surface area contributed by atoms with E-state index >= 15 is 0 Å². The Bertz CT molecular complexity index is 1340. The van der Waals surface area contributed by atoms with Crippen LogP contribution in [0.5, 0.6) is 5.75 Å². The van der Waals surface area contributed by atoms with Gasteiger partial charge in [0, 0.05) is 25.3 Å². The fourth-order valence-corrected chi connectivity index (χ4v) is 3.33. The first-order chi connectivity index (χ1) is 17.7. The van der Waals surface area contributed by atoms with Crippen molar-refractivity contribution in [1.82, 2.24) is 10.7 Å². The lowest BCUT2D eigenvalue weighted by atomic mass is 10.1. The highest BCUT2D eigenvalue weighted by Crippen LogP contribution is 2.18. The topological polar surface area (TPSA) is 120 Å². The molecule has 0 bridgehead atoms. The quantitative estimate of drug-likeness (QED) is 0.212. The zero-order valence-corrected chi connectivity index (χ0v) is 20.9. The Morgan fingerprint density at radius 2 is 1.68 bits per heavy atom. The predicted molar refractivity (Wildman–Crippen MR) is 143 cm³/mol. The normalized spacial score (nSPS) is 11.2. The molecular formula is C27H25ClN4O5. The summed E-state index contributed by atoms with van der Waals surface area (Å²) in [6, 6.07) is 20.5. The van der Waals surface area contributed by atoms with E-state index in [0.717, 1.165) is 5.69 Å². The molecule has 0 saturated heterocycles. The first-order valence-corrected chi connectivity index (χ1v) is 11.4. The largest absolute Gasteiger partial charge is 0.481 e. The van der Waals surface area contributed by atoms with E-state index in [9.17, 15) is 14.4 Å². The molecule has 0 unspecified atom stereocenters. The van der Waals surface area contributed by atoms with Crippen molar-refractivity contribution in [1.29, 1.82) is 0 Å². The first kappa shape index (κ1) is 27.0. The van der Waals surface area contributed by atoms with Gasteiger partial charge in [0.1, 0.15) is 11.4 Å². The molecule has 0 fully saturated rings. The number of halogens is 1. The lowest BCUT2D eigenvalue weighted by Crippen LogP contribution is -2.33. The minimum absolute atomic E-state index is 0.0601. The Morgan fingerprint density at radius 1 is 1.00 bits per heavy atom. The van der Waals surface area contributed by atoms with Crippen LogP contribution in [0.15, 0.2) is 83.6 Å². The van der Waals surface area contributed by atoms with Gasteiger partial charge in [-0.15, -0.1) is 0 Å². The van der Waals surface area contributed by atoms with Crippen LogP contribution < -0.4 is 20.4 Å². The zero-order chi connectivity index (χ0) is 26.8. The van der Waals surface area contributed by atoms with E-state index in [1.165, 1.54) is 12.3 Å². The predicted octanol–water partition coefficient (Wildman–Crippen LogP) is 3.79. The average molecular weight is 521 g/mol. The summed E-state index contributed by atoms with van der Waals surface area (Å²) in [7, 11) is 3.83. The Labute approximate surface area is 219 Å². The van der Waals surface area contributed by atoms with Crippen molar-refractivity contribution in [3.8, 4) is 5.75 Å². The van der Waals surface area contributed by atoms with Gasteiger partial charge in [-0.25, -0.2) is 10.2 Å². The SMILES string of the molecule is CN(C)c1ccc(C=C(NC(=O)c2ccccc2Cl)C(=O)NN=Cc2ccccc2OCC(=O)O)cc1. The van der Waals surface area contributed by atoms with Gasteiger partial charge in [0.25, 0.3) is 11.8 Å². The van der Waals surface area contributed by atoms with Crippen molar-refractivity contribution in [3.05, 3.63) is 100 Å². The summed E-state index contributed by atoms with van der Waals surface area (Å²) >= 11 is 6.14. The van der Waals surface area contributed by atoms with Gasteiger partial charge in [0.15, 0.2) is 6.61 Å². The van der Waals surface area contributed by atoms with Crippen LogP contribution in [-0.2, 0) is 9.59 Å². The van der Waals surface area contributed by atoms with Gasteiger partial charge < -0.3 is 20.1 Å². The molecule has 0 radical (unpaired) electrons. The van der Waals surface area contributed by atoms with Crippen LogP contribution in [0.3, 0.4) is 0 Å². The number of para-hydroxylation sites is 1. The summed E-state index contributed by atoms with van der Waals surface area (Å²) in [5.74, 6) is -2.08. The van der Waals surface area contributed by atoms with Gasteiger partial charge in [-0.1, -0.05) is 48.0 Å². The summed E-state index contributed by atoms with van der Waals surface area (Å²) in [4.78, 5) is 38.6. The number of hydrazone groups is 1. The number of nitrogens with zero attached hydrogens (tertiary/aromatic N) is 2. The Hall–Kier alpha value is -4.63. The maximum Gasteiger partial charge on any atom is 0.341 e. The van der Waals surface area contributed by atoms with Gasteiger partial charge in [-0.05, 0) is 48.0 Å². The fourth-order valence-electron chi connectivity index (χ4n) is 3.11. The highest BCUT2D eigenvalue weighted by molar-refractivity contribution is 6.34. The molecule has 0 aromatic heterocycles. The molecule has 0 atom stereocenters. The number of nitrogens with one attached hydrogen (secondary N) is 2. The van der Waals surface area contributed by atoms with E-state index in [0.29, 0.717) is 11.1 Å². The number of aliphatic carboxylic acids is 1. The molecule has 0 aliphatic carbocycles. The maximum absolute atomic E-state index is 13.0. The summed E-state index contributed by atoms with van der Waals surface area (Å²) in [5, 5.41) is 15.6. The van der Waals surface area contributed by atoms with Crippen LogP contribution in [0, 0.1) is 0 Å². The van der Waals surface area contributed by atoms with Gasteiger partial charge in [-0.3, -0.25) is 9.59 Å². The second-order valence-corrected chi connectivity index (χ2v) is 8.30. The number of hydrogen-bond donors (Lipinski definition) is 3. The number of ether oxygens (including phenoxy) is 1. The number of rotatable bonds is 10. The molecule has 0 aliphatic rings. The number of carboxylic acids is 1. The number of carbonyl (C=O) groups excluding carboxylic acids is 2. The highest BCUT2D eigenvalue weighted by Gasteiger charge is 2.16. The monoisotopic (exact) mass is 520 g/mol. The van der Waals surface area contributed by atoms with Gasteiger partial charge in [0.05, 0.1) is 16.8 Å². The third kappa shape index (κ3) is 7.94. The molecule has 0 spiro atoms. The molecule has 3 rings (SSSR count). The lowest BCUT2D eigenvalue weighted by molar-refractivity contribution is -0.139. The maximum atomic E-state index is 13.0. The van der Waals surface area contributed by atoms with Crippen molar-refractivity contribution in [2.75, 3.05) is 25.6 Å². The molecule has 0 heterocycles. The summed E-state index contributed by atoms with van der Waals surface area (Å²) in [6.07, 6.45) is 2.83. The number of amides is 2. The van der Waals surface area contributed by atoms with E-state index in [1.807, 2.05) is 43.3 Å². The van der Waals surface area contributed by atoms with Crippen LogP contribution in [0.25, 0.3) is 6.08 Å². The summed E-state index contributed by atoms with van der Waals surface area (Å²) in [6.45, 7) is -0.523. The van der Waals surface area contributed by atoms with E-state index in [-0.39, 0.29) is 22.0 Å². The third-order valence-electron chi connectivity index (χ3n) is 4.97. The lowest BCUT2D eigenvalue weighted by Gasteiger charge is -2.13. The van der Waals surface area contributed by atoms with Crippen molar-refractivity contribution in [2.45, 2.75) is 0 Å². The van der Waals surface area contributed by atoms with E-state index in [2.05, 4.69) is 15.8 Å². The average Bonchev–Trinajstić information content (AvgIpc) is 2.88. The second-order valence-electron chi connectivity index (χ2n) is 7.90. The van der Waals surface area contributed by atoms with Gasteiger partial charge >= 0.3 is 5.97 Å². The minimum atomic E-state index is -1.12. The van der Waals surface area contributed by atoms with Crippen molar-refractivity contribution in [2.24, 2.45) is 5.10 Å². The smallest absolute Gasteiger partial charge is 0.341 e. The minimum Gasteiger partial charge on any atom is -0.481 e. The van der Waals surface area contributed by atoms with Crippen molar-refractivity contribution < 1.29 is 24.2 Å². The molecule has 3 aromatic carbocycles. The molecule has 10 heteroatoms. The van der Waals surface area contributed by atoms with Gasteiger partial charge in [-0.2, -0.15) is 5.10 Å².